The molecule has 4 aromatic rings. The number of pyridine rings is 1. The Morgan fingerprint density at radius 3 is 2.77 bits per heavy atom. The van der Waals surface area contributed by atoms with Crippen LogP contribution in [0.4, 0.5) is 17.3 Å². The molecule has 6 heteroatoms. The number of hydrogen-bond donors (Lipinski definition) is 2. The fraction of sp³-hybridized carbons (Fsp3) is 0. The van der Waals surface area contributed by atoms with Gasteiger partial charge in [0.1, 0.15) is 18.0 Å². The third kappa shape index (κ3) is 3.08. The van der Waals surface area contributed by atoms with Crippen molar-refractivity contribution in [3.8, 4) is 0 Å². The van der Waals surface area contributed by atoms with E-state index in [1.54, 1.807) is 12.1 Å². The van der Waals surface area contributed by atoms with Crippen molar-refractivity contribution in [3.05, 3.63) is 73.6 Å². The summed E-state index contributed by atoms with van der Waals surface area (Å²) in [5, 5.41) is 7.88. The Morgan fingerprint density at radius 2 is 1.88 bits per heavy atom. The highest BCUT2D eigenvalue weighted by atomic mass is 16.1. The van der Waals surface area contributed by atoms with Crippen molar-refractivity contribution < 1.29 is 4.79 Å². The number of benzene rings is 2. The minimum atomic E-state index is -0.267. The number of carbonyl (C=O) groups is 1. The van der Waals surface area contributed by atoms with Crippen LogP contribution in [-0.2, 0) is 4.79 Å². The molecule has 0 atom stereocenters. The number of aromatic nitrogens is 3. The monoisotopic (exact) mass is 341 g/mol. The Hall–Kier alpha value is -3.80. The van der Waals surface area contributed by atoms with E-state index in [1.807, 2.05) is 42.5 Å². The minimum absolute atomic E-state index is 0.267. The molecule has 4 rings (SSSR count). The lowest BCUT2D eigenvalue weighted by Gasteiger charge is -2.09. The molecule has 0 saturated heterocycles. The van der Waals surface area contributed by atoms with Gasteiger partial charge >= 0.3 is 0 Å². The van der Waals surface area contributed by atoms with Crippen molar-refractivity contribution in [1.82, 2.24) is 15.0 Å². The lowest BCUT2D eigenvalue weighted by atomic mass is 10.2. The molecule has 0 spiro atoms. The Labute approximate surface area is 149 Å². The van der Waals surface area contributed by atoms with Crippen molar-refractivity contribution in [2.45, 2.75) is 0 Å². The fourth-order valence-electron chi connectivity index (χ4n) is 2.68. The smallest absolute Gasteiger partial charge is 0.247 e. The average Bonchev–Trinajstić information content (AvgIpc) is 2.68. The molecule has 0 fully saturated rings. The molecule has 1 amide bonds. The molecule has 126 valence electrons. The summed E-state index contributed by atoms with van der Waals surface area (Å²) in [4.78, 5) is 24.7. The zero-order chi connectivity index (χ0) is 17.9. The first-order valence-electron chi connectivity index (χ1n) is 8.04. The van der Waals surface area contributed by atoms with Gasteiger partial charge in [-0.25, -0.2) is 15.0 Å². The third-order valence-corrected chi connectivity index (χ3v) is 3.93. The number of nitrogens with zero attached hydrogens (tertiary/aromatic N) is 3. The van der Waals surface area contributed by atoms with Gasteiger partial charge in [-0.3, -0.25) is 4.79 Å². The van der Waals surface area contributed by atoms with Crippen molar-refractivity contribution in [2.24, 2.45) is 0 Å². The van der Waals surface area contributed by atoms with E-state index in [4.69, 9.17) is 0 Å². The second kappa shape index (κ2) is 6.60. The van der Waals surface area contributed by atoms with Crippen LogP contribution in [0, 0.1) is 0 Å². The lowest BCUT2D eigenvalue weighted by molar-refractivity contribution is -0.111. The molecule has 6 nitrogen and oxygen atoms in total. The molecule has 26 heavy (non-hydrogen) atoms. The van der Waals surface area contributed by atoms with Crippen molar-refractivity contribution in [2.75, 3.05) is 10.6 Å². The molecule has 0 radical (unpaired) electrons. The topological polar surface area (TPSA) is 79.8 Å². The highest BCUT2D eigenvalue weighted by Crippen LogP contribution is 2.25. The second-order valence-electron chi connectivity index (χ2n) is 5.66. The number of amides is 1. The summed E-state index contributed by atoms with van der Waals surface area (Å²) in [6.07, 6.45) is 2.70. The first-order chi connectivity index (χ1) is 12.7. The predicted octanol–water partition coefficient (Wildman–Crippen LogP) is 4.05. The first kappa shape index (κ1) is 15.7. The average molecular weight is 341 g/mol. The van der Waals surface area contributed by atoms with Gasteiger partial charge in [0.2, 0.25) is 5.91 Å². The molecule has 2 N–H and O–H groups in total. The van der Waals surface area contributed by atoms with E-state index in [0.29, 0.717) is 22.8 Å². The van der Waals surface area contributed by atoms with Gasteiger partial charge in [-0.2, -0.15) is 0 Å². The largest absolute Gasteiger partial charge is 0.324 e. The van der Waals surface area contributed by atoms with Crippen LogP contribution in [0.15, 0.2) is 73.6 Å². The normalized spacial score (nSPS) is 10.6. The lowest BCUT2D eigenvalue weighted by Crippen LogP contribution is -2.07. The van der Waals surface area contributed by atoms with E-state index in [-0.39, 0.29) is 5.91 Å². The summed E-state index contributed by atoms with van der Waals surface area (Å²) < 4.78 is 0. The maximum Gasteiger partial charge on any atom is 0.247 e. The molecule has 2 aromatic heterocycles. The van der Waals surface area contributed by atoms with Crippen LogP contribution in [0.25, 0.3) is 21.8 Å². The zero-order valence-electron chi connectivity index (χ0n) is 13.8. The van der Waals surface area contributed by atoms with Gasteiger partial charge in [0.25, 0.3) is 0 Å². The van der Waals surface area contributed by atoms with Crippen molar-refractivity contribution in [3.63, 3.8) is 0 Å². The van der Waals surface area contributed by atoms with Crippen LogP contribution in [-0.4, -0.2) is 20.9 Å². The molecule has 0 bridgehead atoms. The number of nitrogens with one attached hydrogen (secondary N) is 2. The van der Waals surface area contributed by atoms with E-state index in [1.165, 1.54) is 12.4 Å². The van der Waals surface area contributed by atoms with E-state index in [2.05, 4.69) is 32.2 Å². The van der Waals surface area contributed by atoms with E-state index < -0.39 is 0 Å². The SMILES string of the molecule is C=CC(=O)Nc1ccc2c(Nc3ccc4ccccc4n3)ncnc2c1. The highest BCUT2D eigenvalue weighted by Gasteiger charge is 2.07. The van der Waals surface area contributed by atoms with Crippen LogP contribution in [0.5, 0.6) is 0 Å². The van der Waals surface area contributed by atoms with Gasteiger partial charge < -0.3 is 10.6 Å². The number of hydrogen-bond acceptors (Lipinski definition) is 5. The predicted molar refractivity (Wildman–Crippen MR) is 103 cm³/mol. The number of anilines is 3. The van der Waals surface area contributed by atoms with Gasteiger partial charge in [-0.05, 0) is 42.5 Å². The molecule has 0 unspecified atom stereocenters. The molecule has 0 aliphatic heterocycles. The van der Waals surface area contributed by atoms with E-state index >= 15 is 0 Å². The number of carbonyl (C=O) groups excluding carboxylic acids is 1. The summed E-state index contributed by atoms with van der Waals surface area (Å²) in [6, 6.07) is 17.3. The van der Waals surface area contributed by atoms with Gasteiger partial charge in [-0.1, -0.05) is 24.8 Å². The summed E-state index contributed by atoms with van der Waals surface area (Å²) in [6.45, 7) is 3.45. The zero-order valence-corrected chi connectivity index (χ0v) is 13.8. The molecule has 2 aromatic carbocycles. The van der Waals surface area contributed by atoms with Crippen LogP contribution in [0.1, 0.15) is 0 Å². The Kier molecular flexibility index (Phi) is 3.99. The summed E-state index contributed by atoms with van der Waals surface area (Å²) in [5.41, 5.74) is 2.27. The van der Waals surface area contributed by atoms with Crippen LogP contribution < -0.4 is 10.6 Å². The van der Waals surface area contributed by atoms with Crippen LogP contribution in [0.2, 0.25) is 0 Å². The number of para-hydroxylation sites is 1. The third-order valence-electron chi connectivity index (χ3n) is 3.93. The highest BCUT2D eigenvalue weighted by molar-refractivity contribution is 6.01. The van der Waals surface area contributed by atoms with Gasteiger partial charge in [0.15, 0.2) is 0 Å². The maximum absolute atomic E-state index is 11.4. The molecule has 0 aliphatic carbocycles. The van der Waals surface area contributed by atoms with E-state index in [9.17, 15) is 4.79 Å². The van der Waals surface area contributed by atoms with E-state index in [0.717, 1.165) is 16.3 Å². The Morgan fingerprint density at radius 1 is 1.00 bits per heavy atom. The van der Waals surface area contributed by atoms with Gasteiger partial charge in [0.05, 0.1) is 11.0 Å². The van der Waals surface area contributed by atoms with Gasteiger partial charge in [0, 0.05) is 16.5 Å². The van der Waals surface area contributed by atoms with Crippen LogP contribution in [0.3, 0.4) is 0 Å². The summed E-state index contributed by atoms with van der Waals surface area (Å²) in [5.74, 6) is 1.09. The summed E-state index contributed by atoms with van der Waals surface area (Å²) in [7, 11) is 0. The molecular weight excluding hydrogens is 326 g/mol. The van der Waals surface area contributed by atoms with Gasteiger partial charge in [-0.15, -0.1) is 0 Å². The first-order valence-corrected chi connectivity index (χ1v) is 8.04. The number of rotatable bonds is 4. The molecule has 0 saturated carbocycles. The molecular formula is C20H15N5O. The Bertz CT molecular complexity index is 1140. The standard InChI is InChI=1S/C20H15N5O/c1-2-19(26)23-14-8-9-15-17(11-14)21-12-22-20(15)25-18-10-7-13-5-3-4-6-16(13)24-18/h2-12H,1H2,(H,23,26)(H,21,22,24,25). The second-order valence-corrected chi connectivity index (χ2v) is 5.66. The minimum Gasteiger partial charge on any atom is -0.324 e. The maximum atomic E-state index is 11.4. The molecule has 2 heterocycles. The van der Waals surface area contributed by atoms with Crippen molar-refractivity contribution >= 4 is 45.0 Å². The Balaban J connectivity index is 1.69. The molecule has 0 aliphatic rings. The fourth-order valence-corrected chi connectivity index (χ4v) is 2.68. The summed E-state index contributed by atoms with van der Waals surface area (Å²) >= 11 is 0. The quantitative estimate of drug-likeness (QED) is 0.548. The number of fused-ring (bicyclic) bond motifs is 2. The van der Waals surface area contributed by atoms with Crippen LogP contribution >= 0.6 is 0 Å². The van der Waals surface area contributed by atoms with Crippen molar-refractivity contribution in [1.29, 1.82) is 0 Å².